The van der Waals surface area contributed by atoms with Gasteiger partial charge in [0.05, 0.1) is 6.04 Å². The predicted molar refractivity (Wildman–Crippen MR) is 87.3 cm³/mol. The normalized spacial score (nSPS) is 19.2. The molecule has 1 aromatic carbocycles. The summed E-state index contributed by atoms with van der Waals surface area (Å²) in [5, 5.41) is 19.3. The van der Waals surface area contributed by atoms with Crippen LogP contribution in [0.15, 0.2) is 24.3 Å². The van der Waals surface area contributed by atoms with Crippen LogP contribution in [0.1, 0.15) is 17.3 Å². The highest BCUT2D eigenvalue weighted by atomic mass is 16.4. The smallest absolute Gasteiger partial charge is 0.323 e. The average molecular weight is 343 g/mol. The molecule has 1 saturated heterocycles. The Hall–Kier alpha value is -3.03. The molecule has 0 bridgehead atoms. The highest BCUT2D eigenvalue weighted by molar-refractivity contribution is 5.89. The first-order chi connectivity index (χ1) is 12.0. The molecule has 4 rings (SSSR count). The molecule has 1 aromatic heterocycles. The lowest BCUT2D eigenvalue weighted by molar-refractivity contribution is -0.138. The Kier molecular flexibility index (Phi) is 3.41. The van der Waals surface area contributed by atoms with Gasteiger partial charge in [-0.1, -0.05) is 18.2 Å². The van der Waals surface area contributed by atoms with E-state index in [9.17, 15) is 19.5 Å². The lowest BCUT2D eigenvalue weighted by Crippen LogP contribution is -2.38. The Bertz CT molecular complexity index is 903. The number of urea groups is 1. The minimum atomic E-state index is -1.06. The number of nitrogens with zero attached hydrogens (tertiary/aromatic N) is 3. The van der Waals surface area contributed by atoms with E-state index in [1.54, 1.807) is 9.47 Å². The van der Waals surface area contributed by atoms with Gasteiger partial charge in [-0.3, -0.25) is 9.59 Å². The molecular weight excluding hydrogens is 326 g/mol. The Morgan fingerprint density at radius 3 is 2.56 bits per heavy atom. The molecule has 3 heterocycles. The van der Waals surface area contributed by atoms with Crippen LogP contribution in [0, 0.1) is 0 Å². The first kappa shape index (κ1) is 15.5. The van der Waals surface area contributed by atoms with E-state index >= 15 is 0 Å². The van der Waals surface area contributed by atoms with Crippen molar-refractivity contribution in [2.75, 3.05) is 19.6 Å². The number of aromatic nitrogens is 1. The Balaban J connectivity index is 1.85. The first-order valence-electron chi connectivity index (χ1n) is 8.06. The van der Waals surface area contributed by atoms with Crippen molar-refractivity contribution in [2.24, 2.45) is 0 Å². The fraction of sp³-hybridized carbons (Fsp3) is 0.353. The van der Waals surface area contributed by atoms with E-state index in [2.05, 4.69) is 0 Å². The summed E-state index contributed by atoms with van der Waals surface area (Å²) < 4.78 is 1.75. The third-order valence-corrected chi connectivity index (χ3v) is 4.94. The zero-order valence-corrected chi connectivity index (χ0v) is 13.4. The number of rotatable bonds is 4. The van der Waals surface area contributed by atoms with Crippen LogP contribution in [0.2, 0.25) is 0 Å². The van der Waals surface area contributed by atoms with Gasteiger partial charge in [-0.05, 0) is 18.1 Å². The van der Waals surface area contributed by atoms with Crippen molar-refractivity contribution in [3.05, 3.63) is 35.5 Å². The van der Waals surface area contributed by atoms with Gasteiger partial charge in [0.25, 0.3) is 0 Å². The van der Waals surface area contributed by atoms with Crippen LogP contribution < -0.4 is 0 Å². The molecule has 1 unspecified atom stereocenters. The van der Waals surface area contributed by atoms with Crippen molar-refractivity contribution < 1.29 is 24.6 Å². The first-order valence-corrected chi connectivity index (χ1v) is 8.06. The molecule has 2 amide bonds. The van der Waals surface area contributed by atoms with E-state index < -0.39 is 11.9 Å². The van der Waals surface area contributed by atoms with Crippen LogP contribution in [0.3, 0.4) is 0 Å². The minimum absolute atomic E-state index is 0.187. The minimum Gasteiger partial charge on any atom is -0.480 e. The molecule has 2 aliphatic heterocycles. The number of carbonyl (C=O) groups excluding carboxylic acids is 1. The molecular formula is C17H17N3O5. The maximum atomic E-state index is 12.5. The zero-order valence-electron chi connectivity index (χ0n) is 13.4. The van der Waals surface area contributed by atoms with Gasteiger partial charge in [-0.25, -0.2) is 4.79 Å². The standard InChI is InChI=1S/C17H17N3O5/c21-14(22)8-18-7-13-16-11(5-6-19(13)17(18)25)10-3-1-2-4-12(10)20(16)9-15(23)24/h1-4,13H,5-9H2,(H,21,22)(H,23,24). The van der Waals surface area contributed by atoms with Gasteiger partial charge in [0, 0.05) is 29.7 Å². The maximum Gasteiger partial charge on any atom is 0.323 e. The molecule has 0 aliphatic carbocycles. The Labute approximate surface area is 142 Å². The van der Waals surface area contributed by atoms with Crippen molar-refractivity contribution >= 4 is 28.9 Å². The number of hydrogen-bond acceptors (Lipinski definition) is 3. The average Bonchev–Trinajstić information content (AvgIpc) is 3.04. The van der Waals surface area contributed by atoms with E-state index in [0.717, 1.165) is 22.2 Å². The molecule has 2 aliphatic rings. The second-order valence-electron chi connectivity index (χ2n) is 6.38. The van der Waals surface area contributed by atoms with E-state index in [-0.39, 0.29) is 31.7 Å². The fourth-order valence-corrected chi connectivity index (χ4v) is 4.06. The molecule has 130 valence electrons. The summed E-state index contributed by atoms with van der Waals surface area (Å²) >= 11 is 0. The van der Waals surface area contributed by atoms with Crippen molar-refractivity contribution in [3.63, 3.8) is 0 Å². The van der Waals surface area contributed by atoms with Crippen molar-refractivity contribution in [1.82, 2.24) is 14.4 Å². The number of carboxylic acid groups (broad SMARTS) is 2. The van der Waals surface area contributed by atoms with Gasteiger partial charge in [0.15, 0.2) is 0 Å². The summed E-state index contributed by atoms with van der Waals surface area (Å²) in [6.07, 6.45) is 0.631. The van der Waals surface area contributed by atoms with Crippen LogP contribution in [0.5, 0.6) is 0 Å². The summed E-state index contributed by atoms with van der Waals surface area (Å²) in [6, 6.07) is 7.00. The van der Waals surface area contributed by atoms with Crippen molar-refractivity contribution in [1.29, 1.82) is 0 Å². The second-order valence-corrected chi connectivity index (χ2v) is 6.38. The van der Waals surface area contributed by atoms with Crippen molar-refractivity contribution in [2.45, 2.75) is 19.0 Å². The van der Waals surface area contributed by atoms with Gasteiger partial charge in [-0.2, -0.15) is 0 Å². The highest BCUT2D eigenvalue weighted by Gasteiger charge is 2.44. The highest BCUT2D eigenvalue weighted by Crippen LogP contribution is 2.40. The van der Waals surface area contributed by atoms with Gasteiger partial charge in [-0.15, -0.1) is 0 Å². The second kappa shape index (κ2) is 5.51. The largest absolute Gasteiger partial charge is 0.480 e. The summed E-state index contributed by atoms with van der Waals surface area (Å²) in [6.45, 7) is 0.232. The fourth-order valence-electron chi connectivity index (χ4n) is 4.06. The predicted octanol–water partition coefficient (Wildman–Crippen LogP) is 1.15. The molecule has 25 heavy (non-hydrogen) atoms. The quantitative estimate of drug-likeness (QED) is 0.867. The summed E-state index contributed by atoms with van der Waals surface area (Å²) in [5.74, 6) is -2.01. The summed E-state index contributed by atoms with van der Waals surface area (Å²) in [7, 11) is 0. The van der Waals surface area contributed by atoms with E-state index in [0.29, 0.717) is 13.0 Å². The van der Waals surface area contributed by atoms with Crippen LogP contribution in [0.4, 0.5) is 4.79 Å². The number of hydrogen-bond donors (Lipinski definition) is 2. The molecule has 1 atom stereocenters. The van der Waals surface area contributed by atoms with Gasteiger partial charge < -0.3 is 24.6 Å². The third kappa shape index (κ3) is 2.33. The molecule has 0 saturated carbocycles. The molecule has 2 aromatic rings. The number of amides is 2. The number of para-hydroxylation sites is 1. The number of benzene rings is 1. The zero-order chi connectivity index (χ0) is 17.7. The molecule has 2 N–H and O–H groups in total. The van der Waals surface area contributed by atoms with E-state index in [4.69, 9.17) is 5.11 Å². The lowest BCUT2D eigenvalue weighted by Gasteiger charge is -2.30. The molecule has 8 nitrogen and oxygen atoms in total. The maximum absolute atomic E-state index is 12.5. The number of aliphatic carboxylic acids is 2. The van der Waals surface area contributed by atoms with Gasteiger partial charge >= 0.3 is 18.0 Å². The lowest BCUT2D eigenvalue weighted by atomic mass is 9.98. The topological polar surface area (TPSA) is 103 Å². The Morgan fingerprint density at radius 1 is 1.12 bits per heavy atom. The van der Waals surface area contributed by atoms with Crippen LogP contribution in [-0.2, 0) is 22.6 Å². The molecule has 1 fully saturated rings. The third-order valence-electron chi connectivity index (χ3n) is 4.94. The monoisotopic (exact) mass is 343 g/mol. The van der Waals surface area contributed by atoms with Crippen molar-refractivity contribution in [3.8, 4) is 0 Å². The molecule has 0 radical (unpaired) electrons. The van der Waals surface area contributed by atoms with Crippen LogP contribution in [0.25, 0.3) is 10.9 Å². The molecule has 8 heteroatoms. The SMILES string of the molecule is O=C(O)CN1CC2c3c(c4ccccc4n3CC(=O)O)CCN2C1=O. The number of carboxylic acids is 2. The van der Waals surface area contributed by atoms with E-state index in [1.807, 2.05) is 24.3 Å². The van der Waals surface area contributed by atoms with Gasteiger partial charge in [0.2, 0.25) is 0 Å². The van der Waals surface area contributed by atoms with Crippen LogP contribution >= 0.6 is 0 Å². The van der Waals surface area contributed by atoms with Gasteiger partial charge in [0.1, 0.15) is 13.1 Å². The number of fused-ring (bicyclic) bond motifs is 5. The Morgan fingerprint density at radius 2 is 1.84 bits per heavy atom. The summed E-state index contributed by atoms with van der Waals surface area (Å²) in [5.41, 5.74) is 2.71. The molecule has 0 spiro atoms. The van der Waals surface area contributed by atoms with Crippen LogP contribution in [-0.4, -0.2) is 62.2 Å². The number of carbonyl (C=O) groups is 3. The van der Waals surface area contributed by atoms with E-state index in [1.165, 1.54) is 4.90 Å². The summed E-state index contributed by atoms with van der Waals surface area (Å²) in [4.78, 5) is 37.8.